The summed E-state index contributed by atoms with van der Waals surface area (Å²) >= 11 is 0. The van der Waals surface area contributed by atoms with Gasteiger partial charge in [0.1, 0.15) is 0 Å². The second-order valence-electron chi connectivity index (χ2n) is 4.43. The molecular formula is C10H19N3O. The van der Waals surface area contributed by atoms with Crippen LogP contribution in [-0.4, -0.2) is 20.4 Å². The Morgan fingerprint density at radius 1 is 1.43 bits per heavy atom. The van der Waals surface area contributed by atoms with E-state index in [9.17, 15) is 5.11 Å². The summed E-state index contributed by atoms with van der Waals surface area (Å²) in [7, 11) is 1.86. The van der Waals surface area contributed by atoms with Crippen molar-refractivity contribution in [2.45, 2.75) is 39.3 Å². The van der Waals surface area contributed by atoms with E-state index in [-0.39, 0.29) is 0 Å². The summed E-state index contributed by atoms with van der Waals surface area (Å²) < 4.78 is 1.76. The van der Waals surface area contributed by atoms with Crippen LogP contribution in [0.1, 0.15) is 36.9 Å². The van der Waals surface area contributed by atoms with Crippen LogP contribution in [0.4, 0.5) is 0 Å². The first-order chi connectivity index (χ1) is 6.25. The molecule has 0 aliphatic heterocycles. The minimum absolute atomic E-state index is 0.640. The summed E-state index contributed by atoms with van der Waals surface area (Å²) in [5.41, 5.74) is 7.89. The molecule has 1 unspecified atom stereocenters. The van der Waals surface area contributed by atoms with Gasteiger partial charge in [0.15, 0.2) is 0 Å². The number of hydrogen-bond donors (Lipinski definition) is 2. The van der Waals surface area contributed by atoms with Crippen LogP contribution in [0.25, 0.3) is 0 Å². The summed E-state index contributed by atoms with van der Waals surface area (Å²) in [4.78, 5) is 0. The Morgan fingerprint density at radius 2 is 1.93 bits per heavy atom. The average Bonchev–Trinajstić information content (AvgIpc) is 2.24. The number of nitrogens with two attached hydrogens (primary N) is 1. The highest BCUT2D eigenvalue weighted by molar-refractivity contribution is 5.29. The van der Waals surface area contributed by atoms with Crippen molar-refractivity contribution in [3.8, 4) is 0 Å². The molecule has 1 rings (SSSR count). The molecule has 0 radical (unpaired) electrons. The molecule has 1 atom stereocenters. The molecule has 0 saturated heterocycles. The Kier molecular flexibility index (Phi) is 2.69. The van der Waals surface area contributed by atoms with Gasteiger partial charge < -0.3 is 10.8 Å². The molecule has 0 aromatic carbocycles. The fraction of sp³-hybridized carbons (Fsp3) is 0.700. The number of aliphatic hydroxyl groups is 1. The second kappa shape index (κ2) is 3.37. The summed E-state index contributed by atoms with van der Waals surface area (Å²) in [6.07, 6.45) is -0.670. The van der Waals surface area contributed by atoms with E-state index in [0.717, 1.165) is 17.0 Å². The topological polar surface area (TPSA) is 64.1 Å². The van der Waals surface area contributed by atoms with E-state index in [1.165, 1.54) is 0 Å². The van der Waals surface area contributed by atoms with Crippen LogP contribution < -0.4 is 5.73 Å². The standard InChI is InChI=1S/C10H19N3O/c1-6-8(7(2)13(5)12-6)9(14)10(3,4)11/h9,14H,11H2,1-5H3. The Hall–Kier alpha value is -0.870. The Balaban J connectivity index is 3.19. The highest BCUT2D eigenvalue weighted by atomic mass is 16.3. The van der Waals surface area contributed by atoms with Crippen molar-refractivity contribution >= 4 is 0 Å². The van der Waals surface area contributed by atoms with Gasteiger partial charge in [-0.1, -0.05) is 0 Å². The van der Waals surface area contributed by atoms with E-state index in [0.29, 0.717) is 0 Å². The smallest absolute Gasteiger partial charge is 0.0999 e. The quantitative estimate of drug-likeness (QED) is 0.737. The summed E-state index contributed by atoms with van der Waals surface area (Å²) in [6.45, 7) is 7.44. The molecule has 1 heterocycles. The summed E-state index contributed by atoms with van der Waals surface area (Å²) in [6, 6.07) is 0. The van der Waals surface area contributed by atoms with Gasteiger partial charge in [0.2, 0.25) is 0 Å². The molecule has 1 aromatic heterocycles. The van der Waals surface area contributed by atoms with Gasteiger partial charge in [-0.15, -0.1) is 0 Å². The fourth-order valence-corrected chi connectivity index (χ4v) is 1.56. The van der Waals surface area contributed by atoms with E-state index in [4.69, 9.17) is 5.73 Å². The number of rotatable bonds is 2. The third-order valence-corrected chi connectivity index (χ3v) is 2.54. The van der Waals surface area contributed by atoms with Gasteiger partial charge in [0, 0.05) is 23.8 Å². The van der Waals surface area contributed by atoms with E-state index < -0.39 is 11.6 Å². The van der Waals surface area contributed by atoms with Crippen LogP contribution in [0.5, 0.6) is 0 Å². The molecule has 80 valence electrons. The number of aromatic nitrogens is 2. The van der Waals surface area contributed by atoms with Crippen LogP contribution in [0.2, 0.25) is 0 Å². The summed E-state index contributed by atoms with van der Waals surface area (Å²) in [5.74, 6) is 0. The van der Waals surface area contributed by atoms with Gasteiger partial charge in [-0.25, -0.2) is 0 Å². The number of aliphatic hydroxyl groups excluding tert-OH is 1. The lowest BCUT2D eigenvalue weighted by atomic mass is 9.91. The predicted octanol–water partition coefficient (Wildman–Crippen LogP) is 0.808. The van der Waals surface area contributed by atoms with Crippen molar-refractivity contribution in [3.05, 3.63) is 17.0 Å². The van der Waals surface area contributed by atoms with Crippen molar-refractivity contribution in [1.29, 1.82) is 0 Å². The molecule has 3 N–H and O–H groups in total. The first-order valence-electron chi connectivity index (χ1n) is 4.72. The van der Waals surface area contributed by atoms with E-state index in [1.807, 2.05) is 34.7 Å². The highest BCUT2D eigenvalue weighted by Gasteiger charge is 2.29. The van der Waals surface area contributed by atoms with E-state index in [1.54, 1.807) is 4.68 Å². The molecular weight excluding hydrogens is 178 g/mol. The van der Waals surface area contributed by atoms with Crippen molar-refractivity contribution < 1.29 is 5.11 Å². The molecule has 0 aliphatic carbocycles. The molecule has 0 fully saturated rings. The Bertz CT molecular complexity index is 336. The van der Waals surface area contributed by atoms with Crippen LogP contribution >= 0.6 is 0 Å². The van der Waals surface area contributed by atoms with Crippen LogP contribution in [-0.2, 0) is 7.05 Å². The zero-order chi connectivity index (χ0) is 11.1. The number of nitrogens with zero attached hydrogens (tertiary/aromatic N) is 2. The summed E-state index contributed by atoms with van der Waals surface area (Å²) in [5, 5.41) is 14.3. The highest BCUT2D eigenvalue weighted by Crippen LogP contribution is 2.28. The maximum absolute atomic E-state index is 10.1. The largest absolute Gasteiger partial charge is 0.386 e. The molecule has 4 nitrogen and oxygen atoms in total. The lowest BCUT2D eigenvalue weighted by Gasteiger charge is -2.26. The van der Waals surface area contributed by atoms with Gasteiger partial charge in [0.05, 0.1) is 11.8 Å². The number of hydrogen-bond acceptors (Lipinski definition) is 3. The number of aryl methyl sites for hydroxylation is 2. The maximum atomic E-state index is 10.1. The fourth-order valence-electron chi connectivity index (χ4n) is 1.56. The van der Waals surface area contributed by atoms with Gasteiger partial charge in [-0.05, 0) is 27.7 Å². The van der Waals surface area contributed by atoms with E-state index in [2.05, 4.69) is 5.10 Å². The third kappa shape index (κ3) is 1.81. The van der Waals surface area contributed by atoms with Crippen molar-refractivity contribution in [3.63, 3.8) is 0 Å². The van der Waals surface area contributed by atoms with Crippen molar-refractivity contribution in [2.75, 3.05) is 0 Å². The molecule has 4 heteroatoms. The van der Waals surface area contributed by atoms with Crippen molar-refractivity contribution in [2.24, 2.45) is 12.8 Å². The van der Waals surface area contributed by atoms with Crippen LogP contribution in [0, 0.1) is 13.8 Å². The first-order valence-corrected chi connectivity index (χ1v) is 4.72. The SMILES string of the molecule is Cc1nn(C)c(C)c1C(O)C(C)(C)N. The zero-order valence-corrected chi connectivity index (χ0v) is 9.50. The predicted molar refractivity (Wildman–Crippen MR) is 55.9 cm³/mol. The monoisotopic (exact) mass is 197 g/mol. The minimum atomic E-state index is -0.670. The molecule has 0 spiro atoms. The van der Waals surface area contributed by atoms with Crippen LogP contribution in [0.15, 0.2) is 0 Å². The normalized spacial score (nSPS) is 14.5. The Labute approximate surface area is 84.7 Å². The van der Waals surface area contributed by atoms with Gasteiger partial charge in [-0.3, -0.25) is 4.68 Å². The molecule has 0 bridgehead atoms. The second-order valence-corrected chi connectivity index (χ2v) is 4.43. The van der Waals surface area contributed by atoms with Crippen LogP contribution in [0.3, 0.4) is 0 Å². The minimum Gasteiger partial charge on any atom is -0.386 e. The van der Waals surface area contributed by atoms with E-state index >= 15 is 0 Å². The third-order valence-electron chi connectivity index (χ3n) is 2.54. The zero-order valence-electron chi connectivity index (χ0n) is 9.50. The molecule has 0 amide bonds. The molecule has 0 aliphatic rings. The lowest BCUT2D eigenvalue weighted by Crippen LogP contribution is -2.39. The molecule has 1 aromatic rings. The van der Waals surface area contributed by atoms with Crippen molar-refractivity contribution in [1.82, 2.24) is 9.78 Å². The Morgan fingerprint density at radius 3 is 2.21 bits per heavy atom. The van der Waals surface area contributed by atoms with Gasteiger partial charge in [-0.2, -0.15) is 5.10 Å². The maximum Gasteiger partial charge on any atom is 0.0999 e. The molecule has 0 saturated carbocycles. The van der Waals surface area contributed by atoms with Gasteiger partial charge >= 0.3 is 0 Å². The van der Waals surface area contributed by atoms with Gasteiger partial charge in [0.25, 0.3) is 0 Å². The first kappa shape index (κ1) is 11.2. The average molecular weight is 197 g/mol. The molecule has 14 heavy (non-hydrogen) atoms. The lowest BCUT2D eigenvalue weighted by molar-refractivity contribution is 0.103.